The molecule has 2 unspecified atom stereocenters. The molecule has 1 aromatic heterocycles. The highest BCUT2D eigenvalue weighted by Gasteiger charge is 2.43. The van der Waals surface area contributed by atoms with Crippen LogP contribution in [0.3, 0.4) is 0 Å². The Labute approximate surface area is 207 Å². The number of piperidine rings is 1. The van der Waals surface area contributed by atoms with Crippen molar-refractivity contribution < 1.29 is 17.9 Å². The zero-order valence-electron chi connectivity index (χ0n) is 19.6. The van der Waals surface area contributed by atoms with Gasteiger partial charge in [0.25, 0.3) is 0 Å². The van der Waals surface area contributed by atoms with Gasteiger partial charge in [-0.3, -0.25) is 0 Å². The molecular formula is C24H28ClF3N6O. The van der Waals surface area contributed by atoms with Gasteiger partial charge in [0, 0.05) is 31.6 Å². The van der Waals surface area contributed by atoms with Crippen molar-refractivity contribution >= 4 is 29.0 Å². The molecule has 4 atom stereocenters. The Morgan fingerprint density at radius 2 is 1.94 bits per heavy atom. The standard InChI is InChI=1S/C24H28ClF3N6O/c1-13(2)18-6-5-17(35-12-24(26,27)28)8-19-22(18)32-23(30-19)31-21-14-3-4-15(21)11-34(10-14)16-7-20(25)33-29-9-16/h5-7,9,13-15,19,21H,3-4,8,10-12H2,1-2H3,(H,30,31)/t14-,15+,19?,21?. The first-order valence-corrected chi connectivity index (χ1v) is 12.3. The van der Waals surface area contributed by atoms with Gasteiger partial charge in [0.2, 0.25) is 5.96 Å². The molecule has 1 saturated carbocycles. The van der Waals surface area contributed by atoms with Crippen LogP contribution in [0.2, 0.25) is 5.15 Å². The summed E-state index contributed by atoms with van der Waals surface area (Å²) in [7, 11) is 0. The molecule has 2 bridgehead atoms. The van der Waals surface area contributed by atoms with E-state index in [1.165, 1.54) is 0 Å². The Hall–Kier alpha value is -2.62. The molecule has 1 N–H and O–H groups in total. The summed E-state index contributed by atoms with van der Waals surface area (Å²) in [5.41, 5.74) is 2.76. The van der Waals surface area contributed by atoms with Crippen LogP contribution in [-0.4, -0.2) is 59.8 Å². The van der Waals surface area contributed by atoms with Crippen LogP contribution < -0.4 is 10.2 Å². The predicted octanol–water partition coefficient (Wildman–Crippen LogP) is 4.56. The number of hydrogen-bond acceptors (Lipinski definition) is 7. The zero-order chi connectivity index (χ0) is 24.7. The van der Waals surface area contributed by atoms with E-state index in [9.17, 15) is 13.2 Å². The van der Waals surface area contributed by atoms with E-state index in [1.807, 2.05) is 26.0 Å². The maximum Gasteiger partial charge on any atom is 0.422 e. The summed E-state index contributed by atoms with van der Waals surface area (Å²) in [5, 5.41) is 11.8. The normalized spacial score (nSPS) is 28.1. The first-order valence-electron chi connectivity index (χ1n) is 11.9. The van der Waals surface area contributed by atoms with E-state index in [1.54, 1.807) is 12.3 Å². The first kappa shape index (κ1) is 24.1. The van der Waals surface area contributed by atoms with Gasteiger partial charge in [0.05, 0.1) is 23.4 Å². The van der Waals surface area contributed by atoms with Gasteiger partial charge in [-0.25, -0.2) is 9.98 Å². The van der Waals surface area contributed by atoms with Gasteiger partial charge in [-0.1, -0.05) is 31.5 Å². The van der Waals surface area contributed by atoms with E-state index in [0.29, 0.717) is 22.9 Å². The number of hydrogen-bond donors (Lipinski definition) is 1. The molecule has 1 aromatic rings. The van der Waals surface area contributed by atoms with Gasteiger partial charge in [-0.2, -0.15) is 18.3 Å². The SMILES string of the molecule is CC(C)C1=CC=C(OCC(F)(F)F)CC2N=C(NC3[C@@H]4CC[C@H]3CN(c3cnnc(Cl)c3)C4)N=C12. The van der Waals surface area contributed by atoms with Gasteiger partial charge in [-0.15, -0.1) is 5.10 Å². The Bertz CT molecular complexity index is 1080. The quantitative estimate of drug-likeness (QED) is 0.631. The molecule has 0 aromatic carbocycles. The van der Waals surface area contributed by atoms with E-state index < -0.39 is 12.8 Å². The third-order valence-electron chi connectivity index (χ3n) is 7.11. The van der Waals surface area contributed by atoms with Gasteiger partial charge >= 0.3 is 6.18 Å². The van der Waals surface area contributed by atoms with E-state index in [2.05, 4.69) is 20.4 Å². The van der Waals surface area contributed by atoms with E-state index >= 15 is 0 Å². The molecule has 5 rings (SSSR count). The molecule has 35 heavy (non-hydrogen) atoms. The Morgan fingerprint density at radius 1 is 1.20 bits per heavy atom. The number of nitrogens with zero attached hydrogens (tertiary/aromatic N) is 5. The topological polar surface area (TPSA) is 75.0 Å². The minimum Gasteiger partial charge on any atom is -0.488 e. The summed E-state index contributed by atoms with van der Waals surface area (Å²) in [5.74, 6) is 1.83. The number of anilines is 1. The average molecular weight is 509 g/mol. The number of nitrogens with one attached hydrogen (secondary N) is 1. The smallest absolute Gasteiger partial charge is 0.422 e. The molecule has 0 radical (unpaired) electrons. The van der Waals surface area contributed by atoms with Crippen molar-refractivity contribution in [2.24, 2.45) is 27.7 Å². The molecule has 4 aliphatic rings. The lowest BCUT2D eigenvalue weighted by atomic mass is 9.92. The maximum absolute atomic E-state index is 12.7. The third-order valence-corrected chi connectivity index (χ3v) is 7.29. The average Bonchev–Trinajstić information content (AvgIpc) is 3.19. The van der Waals surface area contributed by atoms with Crippen LogP contribution in [0, 0.1) is 17.8 Å². The zero-order valence-corrected chi connectivity index (χ0v) is 20.4. The monoisotopic (exact) mass is 508 g/mol. The largest absolute Gasteiger partial charge is 0.488 e. The maximum atomic E-state index is 12.7. The number of rotatable bonds is 5. The minimum atomic E-state index is -4.38. The predicted molar refractivity (Wildman–Crippen MR) is 129 cm³/mol. The molecule has 2 aliphatic carbocycles. The molecule has 2 aliphatic heterocycles. The summed E-state index contributed by atoms with van der Waals surface area (Å²) >= 11 is 6.04. The molecule has 2 fully saturated rings. The molecule has 3 heterocycles. The van der Waals surface area contributed by atoms with Crippen LogP contribution in [0.15, 0.2) is 45.7 Å². The van der Waals surface area contributed by atoms with Crippen LogP contribution in [0.4, 0.5) is 18.9 Å². The molecule has 1 saturated heterocycles. The van der Waals surface area contributed by atoms with Crippen LogP contribution in [0.1, 0.15) is 33.1 Å². The fourth-order valence-electron chi connectivity index (χ4n) is 5.51. The van der Waals surface area contributed by atoms with Crippen LogP contribution in [0.25, 0.3) is 0 Å². The van der Waals surface area contributed by atoms with Crippen LogP contribution in [0.5, 0.6) is 0 Å². The lowest BCUT2D eigenvalue weighted by Crippen LogP contribution is -2.52. The second-order valence-corrected chi connectivity index (χ2v) is 10.3. The minimum absolute atomic E-state index is 0.157. The number of alkyl halides is 3. The molecule has 7 nitrogen and oxygen atoms in total. The number of fused-ring (bicyclic) bond motifs is 3. The van der Waals surface area contributed by atoms with Crippen molar-refractivity contribution in [1.82, 2.24) is 15.5 Å². The first-order chi connectivity index (χ1) is 16.7. The fraction of sp³-hybridized carbons (Fsp3) is 0.583. The summed E-state index contributed by atoms with van der Waals surface area (Å²) < 4.78 is 43.2. The van der Waals surface area contributed by atoms with Crippen LogP contribution >= 0.6 is 11.6 Å². The summed E-state index contributed by atoms with van der Waals surface area (Å²) in [6, 6.07) is 1.73. The van der Waals surface area contributed by atoms with Crippen molar-refractivity contribution in [3.8, 4) is 0 Å². The van der Waals surface area contributed by atoms with Crippen molar-refractivity contribution in [1.29, 1.82) is 0 Å². The highest BCUT2D eigenvalue weighted by atomic mass is 35.5. The van der Waals surface area contributed by atoms with E-state index in [-0.39, 0.29) is 30.2 Å². The second-order valence-electron chi connectivity index (χ2n) is 9.89. The van der Waals surface area contributed by atoms with Crippen molar-refractivity contribution in [2.45, 2.75) is 51.4 Å². The number of aliphatic imine (C=N–C) groups is 2. The van der Waals surface area contributed by atoms with E-state index in [0.717, 1.165) is 42.9 Å². The van der Waals surface area contributed by atoms with Crippen molar-refractivity contribution in [2.75, 3.05) is 24.6 Å². The van der Waals surface area contributed by atoms with Crippen molar-refractivity contribution in [3.63, 3.8) is 0 Å². The van der Waals surface area contributed by atoms with Gasteiger partial charge < -0.3 is 15.0 Å². The third kappa shape index (κ3) is 5.32. The molecule has 188 valence electrons. The Balaban J connectivity index is 1.29. The molecule has 0 spiro atoms. The molecular weight excluding hydrogens is 481 g/mol. The number of guanidine groups is 1. The fourth-order valence-corrected chi connectivity index (χ4v) is 5.67. The van der Waals surface area contributed by atoms with Gasteiger partial charge in [0.1, 0.15) is 6.04 Å². The summed E-state index contributed by atoms with van der Waals surface area (Å²) in [4.78, 5) is 11.9. The number of ether oxygens (including phenoxy) is 1. The molecule has 11 heteroatoms. The van der Waals surface area contributed by atoms with E-state index in [4.69, 9.17) is 26.3 Å². The Kier molecular flexibility index (Phi) is 6.50. The summed E-state index contributed by atoms with van der Waals surface area (Å²) in [6.45, 7) is 4.53. The molecule has 0 amide bonds. The van der Waals surface area contributed by atoms with Gasteiger partial charge in [-0.05, 0) is 42.2 Å². The van der Waals surface area contributed by atoms with Crippen LogP contribution in [-0.2, 0) is 4.74 Å². The Morgan fingerprint density at radius 3 is 2.60 bits per heavy atom. The number of allylic oxidation sites excluding steroid dienone is 2. The second kappa shape index (κ2) is 9.44. The highest BCUT2D eigenvalue weighted by molar-refractivity contribution is 6.29. The number of halogens is 4. The lowest BCUT2D eigenvalue weighted by molar-refractivity contribution is -0.165. The number of aromatic nitrogens is 2. The highest BCUT2D eigenvalue weighted by Crippen LogP contribution is 2.39. The van der Waals surface area contributed by atoms with Crippen molar-refractivity contribution in [3.05, 3.63) is 40.9 Å². The van der Waals surface area contributed by atoms with Gasteiger partial charge in [0.15, 0.2) is 11.8 Å². The summed E-state index contributed by atoms with van der Waals surface area (Å²) in [6.07, 6.45) is 3.28. The lowest BCUT2D eigenvalue weighted by Gasteiger charge is -2.39.